The van der Waals surface area contributed by atoms with Crippen LogP contribution in [-0.2, 0) is 12.6 Å². The van der Waals surface area contributed by atoms with Crippen molar-refractivity contribution in [1.82, 2.24) is 4.90 Å². The van der Waals surface area contributed by atoms with Crippen LogP contribution in [0.2, 0.25) is 0 Å². The van der Waals surface area contributed by atoms with Crippen LogP contribution in [0, 0.1) is 13.8 Å². The van der Waals surface area contributed by atoms with Gasteiger partial charge in [0.1, 0.15) is 0 Å². The molecule has 0 N–H and O–H groups in total. The van der Waals surface area contributed by atoms with Crippen molar-refractivity contribution < 1.29 is 18.0 Å². The Morgan fingerprint density at radius 2 is 1.74 bits per heavy atom. The number of halogens is 3. The fraction of sp³-hybridized carbons (Fsp3) is 0.333. The molecule has 0 radical (unpaired) electrons. The smallest absolute Gasteiger partial charge is 0.366 e. The number of aryl methyl sites for hydroxylation is 2. The minimum Gasteiger partial charge on any atom is -0.366 e. The standard InChI is InChI=1S/C21H23F3N2O/c1-5-26(4)13-25-19-11-14(2)18(10-15(19)3)20(27)12-16-6-8-17(9-7-16)21(22,23)24/h6-11,13H,5,12H2,1-4H3. The van der Waals surface area contributed by atoms with E-state index in [9.17, 15) is 18.0 Å². The topological polar surface area (TPSA) is 32.7 Å². The van der Waals surface area contributed by atoms with Gasteiger partial charge in [-0.2, -0.15) is 13.2 Å². The normalized spacial score (nSPS) is 11.8. The van der Waals surface area contributed by atoms with Crippen molar-refractivity contribution in [2.75, 3.05) is 13.6 Å². The number of hydrogen-bond acceptors (Lipinski definition) is 2. The highest BCUT2D eigenvalue weighted by atomic mass is 19.4. The molecule has 0 fully saturated rings. The molecular formula is C21H23F3N2O. The summed E-state index contributed by atoms with van der Waals surface area (Å²) in [4.78, 5) is 19.0. The predicted octanol–water partition coefficient (Wildman–Crippen LogP) is 5.36. The lowest BCUT2D eigenvalue weighted by atomic mass is 9.96. The maximum atomic E-state index is 12.6. The quantitative estimate of drug-likeness (QED) is 0.386. The monoisotopic (exact) mass is 376 g/mol. The maximum Gasteiger partial charge on any atom is 0.416 e. The van der Waals surface area contributed by atoms with E-state index in [4.69, 9.17) is 0 Å². The predicted molar refractivity (Wildman–Crippen MR) is 102 cm³/mol. The SMILES string of the molecule is CCN(C)C=Nc1cc(C)c(C(=O)Cc2ccc(C(F)(F)F)cc2)cc1C. The average molecular weight is 376 g/mol. The fourth-order valence-corrected chi connectivity index (χ4v) is 2.58. The van der Waals surface area contributed by atoms with E-state index in [0.717, 1.165) is 35.5 Å². The van der Waals surface area contributed by atoms with E-state index in [1.807, 2.05) is 38.8 Å². The van der Waals surface area contributed by atoms with Crippen molar-refractivity contribution >= 4 is 17.8 Å². The molecule has 0 aliphatic rings. The Morgan fingerprint density at radius 1 is 1.11 bits per heavy atom. The zero-order valence-corrected chi connectivity index (χ0v) is 15.9. The molecule has 6 heteroatoms. The number of aliphatic imine (C=N–C) groups is 1. The molecule has 2 aromatic rings. The average Bonchev–Trinajstić information content (AvgIpc) is 2.61. The highest BCUT2D eigenvalue weighted by Gasteiger charge is 2.30. The van der Waals surface area contributed by atoms with Gasteiger partial charge in [-0.3, -0.25) is 4.79 Å². The van der Waals surface area contributed by atoms with E-state index in [2.05, 4.69) is 4.99 Å². The number of Topliss-reactive ketones (excluding diaryl/α,β-unsaturated/α-hetero) is 1. The third-order valence-corrected chi connectivity index (χ3v) is 4.38. The number of nitrogens with zero attached hydrogens (tertiary/aromatic N) is 2. The van der Waals surface area contributed by atoms with Gasteiger partial charge < -0.3 is 4.90 Å². The number of hydrogen-bond donors (Lipinski definition) is 0. The van der Waals surface area contributed by atoms with E-state index in [1.165, 1.54) is 12.1 Å². The molecule has 0 atom stereocenters. The lowest BCUT2D eigenvalue weighted by Gasteiger charge is -2.12. The fourth-order valence-electron chi connectivity index (χ4n) is 2.58. The van der Waals surface area contributed by atoms with Crippen LogP contribution >= 0.6 is 0 Å². The molecular weight excluding hydrogens is 353 g/mol. The summed E-state index contributed by atoms with van der Waals surface area (Å²) in [6, 6.07) is 8.35. The van der Waals surface area contributed by atoms with E-state index >= 15 is 0 Å². The van der Waals surface area contributed by atoms with Crippen molar-refractivity contribution in [2.24, 2.45) is 4.99 Å². The Hall–Kier alpha value is -2.63. The molecule has 0 heterocycles. The first-order valence-corrected chi connectivity index (χ1v) is 8.66. The maximum absolute atomic E-state index is 12.6. The molecule has 0 aliphatic heterocycles. The van der Waals surface area contributed by atoms with Crippen LogP contribution in [-0.4, -0.2) is 30.6 Å². The Kier molecular flexibility index (Phi) is 6.41. The van der Waals surface area contributed by atoms with Crippen LogP contribution in [0.5, 0.6) is 0 Å². The molecule has 0 bridgehead atoms. The van der Waals surface area contributed by atoms with Crippen LogP contribution in [0.4, 0.5) is 18.9 Å². The first kappa shape index (κ1) is 20.7. The third kappa shape index (κ3) is 5.42. The summed E-state index contributed by atoms with van der Waals surface area (Å²) in [5, 5.41) is 0. The zero-order chi connectivity index (χ0) is 20.2. The minimum atomic E-state index is -4.38. The van der Waals surface area contributed by atoms with Gasteiger partial charge in [-0.25, -0.2) is 4.99 Å². The summed E-state index contributed by atoms with van der Waals surface area (Å²) >= 11 is 0. The Morgan fingerprint density at radius 3 is 2.30 bits per heavy atom. The van der Waals surface area contributed by atoms with E-state index < -0.39 is 11.7 Å². The van der Waals surface area contributed by atoms with Crippen LogP contribution in [0.3, 0.4) is 0 Å². The molecule has 0 saturated heterocycles. The number of carbonyl (C=O) groups is 1. The van der Waals surface area contributed by atoms with Crippen molar-refractivity contribution in [1.29, 1.82) is 0 Å². The molecule has 2 rings (SSSR count). The van der Waals surface area contributed by atoms with Gasteiger partial charge in [0.25, 0.3) is 0 Å². The number of rotatable bonds is 6. The molecule has 3 nitrogen and oxygen atoms in total. The highest BCUT2D eigenvalue weighted by molar-refractivity contribution is 5.99. The van der Waals surface area contributed by atoms with Gasteiger partial charge in [0.15, 0.2) is 5.78 Å². The minimum absolute atomic E-state index is 0.0552. The second kappa shape index (κ2) is 8.37. The largest absolute Gasteiger partial charge is 0.416 e. The molecule has 0 aromatic heterocycles. The van der Waals surface area contributed by atoms with Gasteiger partial charge in [0, 0.05) is 25.6 Å². The lowest BCUT2D eigenvalue weighted by Crippen LogP contribution is -2.14. The molecule has 2 aromatic carbocycles. The van der Waals surface area contributed by atoms with Gasteiger partial charge in [0.05, 0.1) is 17.6 Å². The van der Waals surface area contributed by atoms with Gasteiger partial charge in [-0.15, -0.1) is 0 Å². The number of benzene rings is 2. The summed E-state index contributed by atoms with van der Waals surface area (Å²) in [7, 11) is 1.92. The summed E-state index contributed by atoms with van der Waals surface area (Å²) in [6.45, 7) is 6.58. The molecule has 0 amide bonds. The van der Waals surface area contributed by atoms with Crippen molar-refractivity contribution in [2.45, 2.75) is 33.4 Å². The summed E-state index contributed by atoms with van der Waals surface area (Å²) < 4.78 is 37.9. The Bertz CT molecular complexity index is 840. The molecule has 0 aliphatic carbocycles. The van der Waals surface area contributed by atoms with E-state index in [1.54, 1.807) is 12.4 Å². The summed E-state index contributed by atoms with van der Waals surface area (Å²) in [6.07, 6.45) is -2.58. The van der Waals surface area contributed by atoms with Crippen LogP contribution < -0.4 is 0 Å². The number of ketones is 1. The molecule has 0 unspecified atom stereocenters. The summed E-state index contributed by atoms with van der Waals surface area (Å²) in [5.74, 6) is -0.128. The van der Waals surface area contributed by atoms with Crippen molar-refractivity contribution in [3.8, 4) is 0 Å². The second-order valence-electron chi connectivity index (χ2n) is 6.57. The van der Waals surface area contributed by atoms with E-state index in [-0.39, 0.29) is 12.2 Å². The molecule has 27 heavy (non-hydrogen) atoms. The highest BCUT2D eigenvalue weighted by Crippen LogP contribution is 2.29. The van der Waals surface area contributed by atoms with Gasteiger partial charge in [0.2, 0.25) is 0 Å². The first-order valence-electron chi connectivity index (χ1n) is 8.66. The van der Waals surface area contributed by atoms with Crippen molar-refractivity contribution in [3.63, 3.8) is 0 Å². The van der Waals surface area contributed by atoms with Crippen molar-refractivity contribution in [3.05, 3.63) is 64.2 Å². The Labute approximate surface area is 157 Å². The second-order valence-corrected chi connectivity index (χ2v) is 6.57. The number of carbonyl (C=O) groups excluding carboxylic acids is 1. The lowest BCUT2D eigenvalue weighted by molar-refractivity contribution is -0.137. The first-order chi connectivity index (χ1) is 12.6. The van der Waals surface area contributed by atoms with Crippen LogP contribution in [0.25, 0.3) is 0 Å². The molecule has 0 spiro atoms. The zero-order valence-electron chi connectivity index (χ0n) is 15.9. The molecule has 0 saturated carbocycles. The number of alkyl halides is 3. The van der Waals surface area contributed by atoms with Gasteiger partial charge in [-0.1, -0.05) is 12.1 Å². The van der Waals surface area contributed by atoms with E-state index in [0.29, 0.717) is 11.1 Å². The van der Waals surface area contributed by atoms with Gasteiger partial charge >= 0.3 is 6.18 Å². The van der Waals surface area contributed by atoms with Crippen LogP contribution in [0.15, 0.2) is 41.4 Å². The Balaban J connectivity index is 2.19. The van der Waals surface area contributed by atoms with Gasteiger partial charge in [-0.05, 0) is 61.7 Å². The molecule has 144 valence electrons. The third-order valence-electron chi connectivity index (χ3n) is 4.38. The summed E-state index contributed by atoms with van der Waals surface area (Å²) in [5.41, 5.74) is 2.86. The van der Waals surface area contributed by atoms with Crippen LogP contribution in [0.1, 0.15) is 39.5 Å².